The summed E-state index contributed by atoms with van der Waals surface area (Å²) < 4.78 is 24.7. The third kappa shape index (κ3) is 11.9. The Hall–Kier alpha value is -2.76. The number of hydrogen-bond acceptors (Lipinski definition) is 6. The maximum atomic E-state index is 12.5. The van der Waals surface area contributed by atoms with Crippen LogP contribution in [0, 0.1) is 0 Å². The average molecular weight is 910 g/mol. The first-order valence-corrected chi connectivity index (χ1v) is 20.5. The fourth-order valence-electron chi connectivity index (χ4n) is 6.42. The molecule has 284 valence electrons. The van der Waals surface area contributed by atoms with Crippen molar-refractivity contribution in [1.82, 2.24) is 9.80 Å². The normalized spacial score (nSPS) is 17.0. The summed E-state index contributed by atoms with van der Waals surface area (Å²) in [4.78, 5) is 28.3. The molecule has 0 aliphatic carbocycles. The molecule has 3 aromatic carbocycles. The number of piperidine rings is 2. The lowest BCUT2D eigenvalue weighted by atomic mass is 9.73. The van der Waals surface area contributed by atoms with Gasteiger partial charge >= 0.3 is 12.2 Å². The van der Waals surface area contributed by atoms with Gasteiger partial charge < -0.3 is 28.7 Å². The van der Waals surface area contributed by atoms with E-state index in [-0.39, 0.29) is 23.0 Å². The molecule has 0 bridgehead atoms. The Balaban J connectivity index is 0.000000244. The standard InChI is InChI=1S/C24H30BrNO4.C17H23Br2NO2/c1-23(2,3)30-22(27)26-14-12-24(13-15-26,18-8-10-19(25)11-9-18)17-29-21-7-5-6-20(16-21)28-4;1-16(2,3)22-15(21)20-10-8-17(12-18,9-11-20)13-4-6-14(19)7-5-13/h5-11,16H,12-15,17H2,1-4H3;4-7H,8-12H2,1-3H3. The molecule has 11 heteroatoms. The van der Waals surface area contributed by atoms with E-state index in [1.54, 1.807) is 12.0 Å². The number of carbonyl (C=O) groups excluding carboxylic acids is 2. The molecule has 2 aliphatic heterocycles. The molecule has 2 amide bonds. The van der Waals surface area contributed by atoms with E-state index in [9.17, 15) is 9.59 Å². The van der Waals surface area contributed by atoms with Gasteiger partial charge in [-0.1, -0.05) is 78.1 Å². The van der Waals surface area contributed by atoms with Gasteiger partial charge in [0.05, 0.1) is 13.7 Å². The number of alkyl halides is 1. The molecule has 2 aliphatic rings. The highest BCUT2D eigenvalue weighted by molar-refractivity contribution is 9.10. The fraction of sp³-hybridized carbons (Fsp3) is 0.512. The summed E-state index contributed by atoms with van der Waals surface area (Å²) in [6.07, 6.45) is 3.04. The maximum absolute atomic E-state index is 12.5. The fourth-order valence-corrected chi connectivity index (χ4v) is 7.84. The predicted octanol–water partition coefficient (Wildman–Crippen LogP) is 10.9. The monoisotopic (exact) mass is 906 g/mol. The zero-order valence-corrected chi connectivity index (χ0v) is 36.2. The van der Waals surface area contributed by atoms with Crippen LogP contribution in [0.2, 0.25) is 0 Å². The highest BCUT2D eigenvalue weighted by atomic mass is 79.9. The molecule has 52 heavy (non-hydrogen) atoms. The number of amides is 2. The largest absolute Gasteiger partial charge is 0.497 e. The molecule has 0 unspecified atom stereocenters. The number of methoxy groups -OCH3 is 1. The third-order valence-corrected chi connectivity index (χ3v) is 11.6. The van der Waals surface area contributed by atoms with E-state index in [0.717, 1.165) is 64.5 Å². The number of hydrogen-bond donors (Lipinski definition) is 0. The van der Waals surface area contributed by atoms with E-state index in [1.807, 2.05) is 70.7 Å². The Labute approximate surface area is 335 Å². The van der Waals surface area contributed by atoms with Gasteiger partial charge in [-0.3, -0.25) is 0 Å². The molecule has 2 heterocycles. The van der Waals surface area contributed by atoms with Crippen molar-refractivity contribution in [1.29, 1.82) is 0 Å². The van der Waals surface area contributed by atoms with Crippen LogP contribution in [0.5, 0.6) is 11.5 Å². The molecule has 5 rings (SSSR count). The van der Waals surface area contributed by atoms with Gasteiger partial charge in [0.15, 0.2) is 0 Å². The summed E-state index contributed by atoms with van der Waals surface area (Å²) in [7, 11) is 1.65. The molecule has 0 atom stereocenters. The van der Waals surface area contributed by atoms with Crippen LogP contribution in [-0.2, 0) is 20.3 Å². The second-order valence-corrected chi connectivity index (χ2v) is 18.0. The van der Waals surface area contributed by atoms with E-state index in [2.05, 4.69) is 96.3 Å². The molecule has 2 fully saturated rings. The van der Waals surface area contributed by atoms with Crippen molar-refractivity contribution in [2.24, 2.45) is 0 Å². The topological polar surface area (TPSA) is 77.5 Å². The van der Waals surface area contributed by atoms with Crippen LogP contribution in [0.25, 0.3) is 0 Å². The number of ether oxygens (including phenoxy) is 4. The molecule has 8 nitrogen and oxygen atoms in total. The third-order valence-electron chi connectivity index (χ3n) is 9.47. The number of carbonyl (C=O) groups is 2. The van der Waals surface area contributed by atoms with Gasteiger partial charge in [0.2, 0.25) is 0 Å². The summed E-state index contributed by atoms with van der Waals surface area (Å²) in [5.74, 6) is 1.55. The van der Waals surface area contributed by atoms with E-state index in [1.165, 1.54) is 11.1 Å². The molecule has 0 aromatic heterocycles. The Bertz CT molecular complexity index is 1600. The molecular weight excluding hydrogens is 856 g/mol. The summed E-state index contributed by atoms with van der Waals surface area (Å²) in [6, 6.07) is 24.6. The van der Waals surface area contributed by atoms with Crippen LogP contribution < -0.4 is 9.47 Å². The Kier molecular flexibility index (Phi) is 14.6. The number of benzene rings is 3. The summed E-state index contributed by atoms with van der Waals surface area (Å²) in [5.41, 5.74) is 1.54. The van der Waals surface area contributed by atoms with Crippen molar-refractivity contribution in [2.75, 3.05) is 45.2 Å². The predicted molar refractivity (Wildman–Crippen MR) is 218 cm³/mol. The minimum Gasteiger partial charge on any atom is -0.497 e. The summed E-state index contributed by atoms with van der Waals surface area (Å²) >= 11 is 10.7. The van der Waals surface area contributed by atoms with Gasteiger partial charge in [-0.25, -0.2) is 9.59 Å². The summed E-state index contributed by atoms with van der Waals surface area (Å²) in [6.45, 7) is 14.6. The van der Waals surface area contributed by atoms with Gasteiger partial charge in [-0.05, 0) is 115 Å². The second-order valence-electron chi connectivity index (χ2n) is 15.6. The Morgan fingerprint density at radius 1 is 0.654 bits per heavy atom. The van der Waals surface area contributed by atoms with Crippen LogP contribution in [0.15, 0.2) is 81.7 Å². The number of halogens is 3. The van der Waals surface area contributed by atoms with Gasteiger partial charge in [0.1, 0.15) is 22.7 Å². The molecule has 0 saturated carbocycles. The van der Waals surface area contributed by atoms with Crippen molar-refractivity contribution in [3.63, 3.8) is 0 Å². The SMILES string of the molecule is CC(C)(C)OC(=O)N1CCC(CBr)(c2ccc(Br)cc2)CC1.COc1cccc(OCC2(c3ccc(Br)cc3)CCN(C(=O)OC(C)(C)C)CC2)c1. The first kappa shape index (κ1) is 42.0. The quantitative estimate of drug-likeness (QED) is 0.220. The second kappa shape index (κ2) is 18.0. The smallest absolute Gasteiger partial charge is 0.410 e. The van der Waals surface area contributed by atoms with Gasteiger partial charge in [0, 0.05) is 57.4 Å². The highest BCUT2D eigenvalue weighted by Crippen LogP contribution is 2.39. The Morgan fingerprint density at radius 2 is 1.06 bits per heavy atom. The van der Waals surface area contributed by atoms with Crippen LogP contribution in [0.1, 0.15) is 78.4 Å². The van der Waals surface area contributed by atoms with Crippen molar-refractivity contribution >= 4 is 60.0 Å². The minimum atomic E-state index is -0.493. The lowest BCUT2D eigenvalue weighted by Gasteiger charge is -2.42. The molecular formula is C41H53Br3N2O6. The van der Waals surface area contributed by atoms with Crippen LogP contribution in [0.3, 0.4) is 0 Å². The van der Waals surface area contributed by atoms with E-state index < -0.39 is 11.2 Å². The van der Waals surface area contributed by atoms with Crippen molar-refractivity contribution in [2.45, 2.75) is 89.3 Å². The van der Waals surface area contributed by atoms with E-state index in [0.29, 0.717) is 19.7 Å². The van der Waals surface area contributed by atoms with Gasteiger partial charge in [-0.15, -0.1) is 0 Å². The van der Waals surface area contributed by atoms with E-state index >= 15 is 0 Å². The maximum Gasteiger partial charge on any atom is 0.410 e. The molecule has 2 saturated heterocycles. The minimum absolute atomic E-state index is 0.0964. The lowest BCUT2D eigenvalue weighted by molar-refractivity contribution is 0.0130. The van der Waals surface area contributed by atoms with Crippen LogP contribution in [-0.4, -0.2) is 78.4 Å². The number of nitrogens with zero attached hydrogens (tertiary/aromatic N) is 2. The molecule has 3 aromatic rings. The van der Waals surface area contributed by atoms with Crippen LogP contribution in [0.4, 0.5) is 9.59 Å². The average Bonchev–Trinajstić information content (AvgIpc) is 3.10. The van der Waals surface area contributed by atoms with Crippen molar-refractivity contribution in [3.05, 3.63) is 92.9 Å². The zero-order valence-electron chi connectivity index (χ0n) is 31.5. The van der Waals surface area contributed by atoms with Crippen molar-refractivity contribution < 1.29 is 28.5 Å². The van der Waals surface area contributed by atoms with Gasteiger partial charge in [0.25, 0.3) is 0 Å². The first-order chi connectivity index (χ1) is 24.5. The number of rotatable bonds is 7. The molecule has 0 N–H and O–H groups in total. The van der Waals surface area contributed by atoms with E-state index in [4.69, 9.17) is 18.9 Å². The van der Waals surface area contributed by atoms with Crippen molar-refractivity contribution in [3.8, 4) is 11.5 Å². The van der Waals surface area contributed by atoms with Crippen LogP contribution >= 0.6 is 47.8 Å². The highest BCUT2D eigenvalue weighted by Gasteiger charge is 2.40. The zero-order chi connectivity index (χ0) is 38.2. The Morgan fingerprint density at radius 3 is 1.46 bits per heavy atom. The number of likely N-dealkylation sites (tertiary alicyclic amines) is 2. The lowest BCUT2D eigenvalue weighted by Crippen LogP contribution is -2.49. The molecule has 0 spiro atoms. The first-order valence-electron chi connectivity index (χ1n) is 17.8. The van der Waals surface area contributed by atoms with Gasteiger partial charge in [-0.2, -0.15) is 0 Å². The summed E-state index contributed by atoms with van der Waals surface area (Å²) in [5, 5.41) is 0.907. The molecule has 0 radical (unpaired) electrons.